The predicted octanol–water partition coefficient (Wildman–Crippen LogP) is 3.80. The van der Waals surface area contributed by atoms with E-state index >= 15 is 0 Å². The quantitative estimate of drug-likeness (QED) is 0.600. The lowest BCUT2D eigenvalue weighted by Gasteiger charge is -1.99. The summed E-state index contributed by atoms with van der Waals surface area (Å²) in [6.07, 6.45) is 4.99. The second kappa shape index (κ2) is 5.21. The minimum Gasteiger partial charge on any atom is -0.618 e. The summed E-state index contributed by atoms with van der Waals surface area (Å²) in [5.74, 6) is 0. The van der Waals surface area contributed by atoms with Crippen LogP contribution in [0.1, 0.15) is 11.3 Å². The van der Waals surface area contributed by atoms with E-state index in [1.807, 2.05) is 18.2 Å². The third kappa shape index (κ3) is 2.99. The van der Waals surface area contributed by atoms with Crippen molar-refractivity contribution in [3.05, 3.63) is 69.1 Å². The van der Waals surface area contributed by atoms with Gasteiger partial charge in [-0.15, -0.1) is 0 Å². The van der Waals surface area contributed by atoms with E-state index in [0.717, 1.165) is 10.3 Å². The molecule has 0 radical (unpaired) electrons. The highest BCUT2D eigenvalue weighted by Crippen LogP contribution is 2.23. The molecule has 0 bridgehead atoms. The Bertz CT molecular complexity index is 567. The van der Waals surface area contributed by atoms with E-state index in [2.05, 4.69) is 0 Å². The van der Waals surface area contributed by atoms with Crippen molar-refractivity contribution < 1.29 is 4.73 Å². The Kier molecular flexibility index (Phi) is 3.67. The molecule has 0 aliphatic heterocycles. The molecule has 2 rings (SSSR count). The Morgan fingerprint density at radius 1 is 1.00 bits per heavy atom. The third-order valence-corrected chi connectivity index (χ3v) is 2.98. The molecule has 0 atom stereocenters. The smallest absolute Gasteiger partial charge is 0.216 e. The van der Waals surface area contributed by atoms with Gasteiger partial charge in [-0.1, -0.05) is 29.3 Å². The lowest BCUT2D eigenvalue weighted by Crippen LogP contribution is -2.28. The molecule has 0 amide bonds. The molecule has 0 N–H and O–H groups in total. The molecule has 0 spiro atoms. The van der Waals surface area contributed by atoms with Gasteiger partial charge in [-0.05, 0) is 29.8 Å². The fourth-order valence-electron chi connectivity index (χ4n) is 1.37. The van der Waals surface area contributed by atoms with Crippen LogP contribution in [-0.2, 0) is 0 Å². The average Bonchev–Trinajstić information content (AvgIpc) is 2.32. The van der Waals surface area contributed by atoms with Gasteiger partial charge in [0.1, 0.15) is 0 Å². The second-order valence-electron chi connectivity index (χ2n) is 3.46. The number of nitrogens with zero attached hydrogens (tertiary/aromatic N) is 1. The topological polar surface area (TPSA) is 26.9 Å². The van der Waals surface area contributed by atoms with Gasteiger partial charge >= 0.3 is 0 Å². The van der Waals surface area contributed by atoms with E-state index in [4.69, 9.17) is 23.2 Å². The fourth-order valence-corrected chi connectivity index (χ4v) is 1.67. The molecule has 1 heterocycles. The van der Waals surface area contributed by atoms with Crippen LogP contribution < -0.4 is 4.73 Å². The largest absolute Gasteiger partial charge is 0.618 e. The summed E-state index contributed by atoms with van der Waals surface area (Å²) < 4.78 is 0.800. The van der Waals surface area contributed by atoms with Crippen LogP contribution in [0.3, 0.4) is 0 Å². The summed E-state index contributed by atoms with van der Waals surface area (Å²) in [6, 6.07) is 10.5. The monoisotopic (exact) mass is 265 g/mol. The van der Waals surface area contributed by atoms with Crippen molar-refractivity contribution >= 4 is 35.4 Å². The molecular weight excluding hydrogens is 257 g/mol. The van der Waals surface area contributed by atoms with E-state index < -0.39 is 0 Å². The lowest BCUT2D eigenvalue weighted by molar-refractivity contribution is -0.607. The highest BCUT2D eigenvalue weighted by molar-refractivity contribution is 6.42. The first-order valence-electron chi connectivity index (χ1n) is 4.98. The van der Waals surface area contributed by atoms with Gasteiger partial charge in [0.25, 0.3) is 0 Å². The number of pyridine rings is 1. The molecule has 1 aromatic carbocycles. The maximum absolute atomic E-state index is 11.4. The van der Waals surface area contributed by atoms with Crippen LogP contribution in [0.15, 0.2) is 42.6 Å². The lowest BCUT2D eigenvalue weighted by atomic mass is 10.2. The van der Waals surface area contributed by atoms with Crippen molar-refractivity contribution in [1.29, 1.82) is 0 Å². The predicted molar refractivity (Wildman–Crippen MR) is 70.8 cm³/mol. The molecule has 0 unspecified atom stereocenters. The summed E-state index contributed by atoms with van der Waals surface area (Å²) in [7, 11) is 0. The van der Waals surface area contributed by atoms with Crippen LogP contribution >= 0.6 is 23.2 Å². The van der Waals surface area contributed by atoms with Crippen LogP contribution in [0.2, 0.25) is 10.0 Å². The van der Waals surface area contributed by atoms with Crippen LogP contribution in [0.4, 0.5) is 0 Å². The number of hydrogen-bond acceptors (Lipinski definition) is 1. The van der Waals surface area contributed by atoms with E-state index in [1.165, 1.54) is 6.20 Å². The Morgan fingerprint density at radius 3 is 2.53 bits per heavy atom. The molecule has 0 saturated carbocycles. The average molecular weight is 266 g/mol. The van der Waals surface area contributed by atoms with Gasteiger partial charge in [0.05, 0.1) is 10.0 Å². The van der Waals surface area contributed by atoms with Gasteiger partial charge in [0, 0.05) is 18.2 Å². The molecule has 0 aliphatic rings. The zero-order valence-corrected chi connectivity index (χ0v) is 10.3. The summed E-state index contributed by atoms with van der Waals surface area (Å²) in [4.78, 5) is 0. The van der Waals surface area contributed by atoms with Gasteiger partial charge in [-0.25, -0.2) is 0 Å². The fraction of sp³-hybridized carbons (Fsp3) is 0. The zero-order chi connectivity index (χ0) is 12.3. The normalized spacial score (nSPS) is 10.9. The van der Waals surface area contributed by atoms with Crippen molar-refractivity contribution in [3.8, 4) is 0 Å². The first kappa shape index (κ1) is 12.0. The molecule has 2 aromatic rings. The van der Waals surface area contributed by atoms with Crippen LogP contribution in [-0.4, -0.2) is 0 Å². The van der Waals surface area contributed by atoms with Crippen molar-refractivity contribution in [3.63, 3.8) is 0 Å². The maximum Gasteiger partial charge on any atom is 0.216 e. The van der Waals surface area contributed by atoms with Crippen molar-refractivity contribution in [1.82, 2.24) is 0 Å². The molecular formula is C13H9Cl2NO. The summed E-state index contributed by atoms with van der Waals surface area (Å²) >= 11 is 11.7. The first-order chi connectivity index (χ1) is 8.16. The number of halogens is 2. The zero-order valence-electron chi connectivity index (χ0n) is 8.81. The molecule has 0 fully saturated rings. The van der Waals surface area contributed by atoms with E-state index in [1.54, 1.807) is 30.3 Å². The van der Waals surface area contributed by atoms with Gasteiger partial charge in [-0.3, -0.25) is 0 Å². The number of hydrogen-bond donors (Lipinski definition) is 0. The van der Waals surface area contributed by atoms with Crippen molar-refractivity contribution in [2.75, 3.05) is 0 Å². The van der Waals surface area contributed by atoms with Crippen molar-refractivity contribution in [2.24, 2.45) is 0 Å². The van der Waals surface area contributed by atoms with Gasteiger partial charge in [0.2, 0.25) is 5.69 Å². The Hall–Kier alpha value is -1.51. The molecule has 17 heavy (non-hydrogen) atoms. The number of benzene rings is 1. The van der Waals surface area contributed by atoms with Crippen LogP contribution in [0.25, 0.3) is 12.2 Å². The molecule has 0 aliphatic carbocycles. The van der Waals surface area contributed by atoms with Gasteiger partial charge < -0.3 is 5.21 Å². The number of rotatable bonds is 2. The summed E-state index contributed by atoms with van der Waals surface area (Å²) in [5.41, 5.74) is 1.46. The minimum atomic E-state index is 0.497. The molecule has 4 heteroatoms. The van der Waals surface area contributed by atoms with Gasteiger partial charge in [-0.2, -0.15) is 4.73 Å². The first-order valence-corrected chi connectivity index (χ1v) is 5.74. The molecule has 2 nitrogen and oxygen atoms in total. The highest BCUT2D eigenvalue weighted by Gasteiger charge is 1.99. The van der Waals surface area contributed by atoms with Crippen LogP contribution in [0.5, 0.6) is 0 Å². The Morgan fingerprint density at radius 2 is 1.82 bits per heavy atom. The minimum absolute atomic E-state index is 0.497. The highest BCUT2D eigenvalue weighted by atomic mass is 35.5. The Labute approximate surface area is 109 Å². The molecule has 86 valence electrons. The van der Waals surface area contributed by atoms with Crippen molar-refractivity contribution in [2.45, 2.75) is 0 Å². The number of aromatic nitrogens is 1. The van der Waals surface area contributed by atoms with Crippen LogP contribution in [0, 0.1) is 5.21 Å². The summed E-state index contributed by atoms with van der Waals surface area (Å²) in [6.45, 7) is 0. The van der Waals surface area contributed by atoms with E-state index in [-0.39, 0.29) is 0 Å². The SMILES string of the molecule is [O-][n+]1ccccc1C=Cc1ccc(Cl)c(Cl)c1. The standard InChI is InChI=1S/C13H9Cl2NO/c14-12-7-5-10(9-13(12)15)4-6-11-3-1-2-8-16(11)17/h1-9H. The van der Waals surface area contributed by atoms with E-state index in [0.29, 0.717) is 15.7 Å². The molecule has 1 aromatic heterocycles. The molecule has 0 saturated heterocycles. The van der Waals surface area contributed by atoms with E-state index in [9.17, 15) is 5.21 Å². The maximum atomic E-state index is 11.4. The van der Waals surface area contributed by atoms with Gasteiger partial charge in [0.15, 0.2) is 6.20 Å². The summed E-state index contributed by atoms with van der Waals surface area (Å²) in [5, 5.41) is 12.4. The second-order valence-corrected chi connectivity index (χ2v) is 4.27. The third-order valence-electron chi connectivity index (χ3n) is 2.24. The Balaban J connectivity index is 2.26.